The van der Waals surface area contributed by atoms with Gasteiger partial charge in [-0.3, -0.25) is 4.79 Å². The first-order valence-electron chi connectivity index (χ1n) is 4.78. The van der Waals surface area contributed by atoms with Crippen LogP contribution in [0.5, 0.6) is 0 Å². The summed E-state index contributed by atoms with van der Waals surface area (Å²) < 4.78 is 26.1. The highest BCUT2D eigenvalue weighted by Gasteiger charge is 2.23. The van der Waals surface area contributed by atoms with Gasteiger partial charge in [-0.15, -0.1) is 11.8 Å². The van der Waals surface area contributed by atoms with Crippen LogP contribution in [0.1, 0.15) is 19.3 Å². The van der Waals surface area contributed by atoms with Gasteiger partial charge in [-0.1, -0.05) is 0 Å². The van der Waals surface area contributed by atoms with E-state index < -0.39 is 11.6 Å². The van der Waals surface area contributed by atoms with E-state index in [1.54, 1.807) is 0 Å². The Bertz CT molecular complexity index is 392. The first-order chi connectivity index (χ1) is 7.15. The molecule has 0 saturated heterocycles. The van der Waals surface area contributed by atoms with Crippen molar-refractivity contribution in [1.29, 1.82) is 0 Å². The van der Waals surface area contributed by atoms with Gasteiger partial charge < -0.3 is 0 Å². The molecule has 0 heterocycles. The van der Waals surface area contributed by atoms with Crippen LogP contribution < -0.4 is 0 Å². The Hall–Kier alpha value is -0.900. The minimum absolute atomic E-state index is 0.105. The van der Waals surface area contributed by atoms with Crippen LogP contribution in [0.4, 0.5) is 8.78 Å². The average molecular weight is 228 g/mol. The number of hydrogen-bond donors (Lipinski definition) is 0. The van der Waals surface area contributed by atoms with E-state index in [1.807, 2.05) is 0 Å². The highest BCUT2D eigenvalue weighted by Crippen LogP contribution is 2.34. The molecule has 0 bridgehead atoms. The van der Waals surface area contributed by atoms with Crippen LogP contribution in [0.15, 0.2) is 23.1 Å². The number of thioether (sulfide) groups is 1. The Kier molecular flexibility index (Phi) is 3.05. The fourth-order valence-corrected chi connectivity index (χ4v) is 2.85. The van der Waals surface area contributed by atoms with Crippen LogP contribution in [0.3, 0.4) is 0 Å². The normalized spacial score (nSPS) is 20.9. The fraction of sp³-hybridized carbons (Fsp3) is 0.364. The standard InChI is InChI=1S/C11H10F2OS/c12-7-1-4-10(13)11(5-7)15-9-3-2-8(14)6-9/h1,4-5,9H,2-3,6H2. The predicted octanol–water partition coefficient (Wildman–Crippen LogP) is 3.18. The maximum atomic E-state index is 13.2. The van der Waals surface area contributed by atoms with Crippen molar-refractivity contribution < 1.29 is 13.6 Å². The Morgan fingerprint density at radius 2 is 2.13 bits per heavy atom. The van der Waals surface area contributed by atoms with Gasteiger partial charge in [0.1, 0.15) is 17.4 Å². The summed E-state index contributed by atoms with van der Waals surface area (Å²) in [6.45, 7) is 0. The van der Waals surface area contributed by atoms with Crippen molar-refractivity contribution >= 4 is 17.5 Å². The number of ketones is 1. The summed E-state index contributed by atoms with van der Waals surface area (Å²) in [5, 5.41) is 0.105. The van der Waals surface area contributed by atoms with Gasteiger partial charge in [0, 0.05) is 23.0 Å². The summed E-state index contributed by atoms with van der Waals surface area (Å²) in [7, 11) is 0. The van der Waals surface area contributed by atoms with Crippen LogP contribution in [0.25, 0.3) is 0 Å². The quantitative estimate of drug-likeness (QED) is 0.773. The molecule has 15 heavy (non-hydrogen) atoms. The summed E-state index contributed by atoms with van der Waals surface area (Å²) in [4.78, 5) is 11.3. The van der Waals surface area contributed by atoms with Crippen LogP contribution in [-0.4, -0.2) is 11.0 Å². The van der Waals surface area contributed by atoms with Crippen molar-refractivity contribution in [2.75, 3.05) is 0 Å². The molecular weight excluding hydrogens is 218 g/mol. The highest BCUT2D eigenvalue weighted by atomic mass is 32.2. The second-order valence-electron chi connectivity index (χ2n) is 3.60. The number of carbonyl (C=O) groups excluding carboxylic acids is 1. The third-order valence-electron chi connectivity index (χ3n) is 2.39. The van der Waals surface area contributed by atoms with Crippen LogP contribution in [-0.2, 0) is 4.79 Å². The monoisotopic (exact) mass is 228 g/mol. The average Bonchev–Trinajstić information content (AvgIpc) is 2.58. The van der Waals surface area contributed by atoms with E-state index >= 15 is 0 Å². The number of halogens is 2. The molecule has 0 amide bonds. The lowest BCUT2D eigenvalue weighted by Gasteiger charge is -2.08. The summed E-state index contributed by atoms with van der Waals surface area (Å²) in [6.07, 6.45) is 1.80. The third-order valence-corrected chi connectivity index (χ3v) is 3.69. The van der Waals surface area contributed by atoms with Gasteiger partial charge in [-0.25, -0.2) is 8.78 Å². The van der Waals surface area contributed by atoms with E-state index in [0.717, 1.165) is 18.6 Å². The maximum absolute atomic E-state index is 13.2. The number of hydrogen-bond acceptors (Lipinski definition) is 2. The van der Waals surface area contributed by atoms with Crippen molar-refractivity contribution in [2.45, 2.75) is 29.4 Å². The molecule has 1 fully saturated rings. The van der Waals surface area contributed by atoms with E-state index in [4.69, 9.17) is 0 Å². The topological polar surface area (TPSA) is 17.1 Å². The van der Waals surface area contributed by atoms with Crippen molar-refractivity contribution in [3.05, 3.63) is 29.8 Å². The molecule has 1 saturated carbocycles. The predicted molar refractivity (Wildman–Crippen MR) is 54.9 cm³/mol. The molecule has 0 aliphatic heterocycles. The smallest absolute Gasteiger partial charge is 0.136 e. The molecule has 1 atom stereocenters. The summed E-state index contributed by atoms with van der Waals surface area (Å²) in [5.74, 6) is -0.645. The molecule has 1 aliphatic rings. The molecule has 0 aromatic heterocycles. The van der Waals surface area contributed by atoms with Crippen molar-refractivity contribution in [1.82, 2.24) is 0 Å². The number of Topliss-reactive ketones (excluding diaryl/α,β-unsaturated/α-hetero) is 1. The van der Waals surface area contributed by atoms with E-state index in [2.05, 4.69) is 0 Å². The SMILES string of the molecule is O=C1CCC(Sc2cc(F)ccc2F)C1. The zero-order chi connectivity index (χ0) is 10.8. The molecule has 0 spiro atoms. The van der Waals surface area contributed by atoms with Gasteiger partial charge in [0.25, 0.3) is 0 Å². The van der Waals surface area contributed by atoms with Gasteiger partial charge in [0.05, 0.1) is 0 Å². The van der Waals surface area contributed by atoms with Gasteiger partial charge in [-0.2, -0.15) is 0 Å². The van der Waals surface area contributed by atoms with Crippen molar-refractivity contribution in [3.63, 3.8) is 0 Å². The minimum Gasteiger partial charge on any atom is -0.300 e. The first-order valence-corrected chi connectivity index (χ1v) is 5.66. The lowest BCUT2D eigenvalue weighted by atomic mass is 10.3. The molecular formula is C11H10F2OS. The van der Waals surface area contributed by atoms with Crippen LogP contribution in [0.2, 0.25) is 0 Å². The molecule has 1 aromatic carbocycles. The molecule has 2 rings (SSSR count). The van der Waals surface area contributed by atoms with Gasteiger partial charge >= 0.3 is 0 Å². The second-order valence-corrected chi connectivity index (χ2v) is 4.94. The minimum atomic E-state index is -0.441. The third kappa shape index (κ3) is 2.56. The molecule has 1 unspecified atom stereocenters. The Morgan fingerprint density at radius 3 is 2.80 bits per heavy atom. The van der Waals surface area contributed by atoms with E-state index in [1.165, 1.54) is 17.8 Å². The number of carbonyl (C=O) groups is 1. The molecule has 1 aliphatic carbocycles. The lowest BCUT2D eigenvalue weighted by molar-refractivity contribution is -0.117. The Balaban J connectivity index is 2.10. The first kappa shape index (κ1) is 10.6. The van der Waals surface area contributed by atoms with Crippen LogP contribution in [0, 0.1) is 11.6 Å². The van der Waals surface area contributed by atoms with E-state index in [-0.39, 0.29) is 11.0 Å². The number of rotatable bonds is 2. The molecule has 1 nitrogen and oxygen atoms in total. The van der Waals surface area contributed by atoms with E-state index in [0.29, 0.717) is 17.7 Å². The van der Waals surface area contributed by atoms with Gasteiger partial charge in [-0.05, 0) is 24.6 Å². The fourth-order valence-electron chi connectivity index (χ4n) is 1.63. The second kappa shape index (κ2) is 4.31. The lowest BCUT2D eigenvalue weighted by Crippen LogP contribution is -1.97. The zero-order valence-electron chi connectivity index (χ0n) is 8.00. The van der Waals surface area contributed by atoms with Gasteiger partial charge in [0.15, 0.2) is 0 Å². The Labute approximate surface area is 90.9 Å². The van der Waals surface area contributed by atoms with E-state index in [9.17, 15) is 13.6 Å². The Morgan fingerprint density at radius 1 is 1.33 bits per heavy atom. The summed E-state index contributed by atoms with van der Waals surface area (Å²) >= 11 is 1.26. The molecule has 1 aromatic rings. The van der Waals surface area contributed by atoms with Gasteiger partial charge in [0.2, 0.25) is 0 Å². The maximum Gasteiger partial charge on any atom is 0.136 e. The summed E-state index contributed by atoms with van der Waals surface area (Å²) in [5.41, 5.74) is 0. The molecule has 0 radical (unpaired) electrons. The number of benzene rings is 1. The largest absolute Gasteiger partial charge is 0.300 e. The molecule has 4 heteroatoms. The molecule has 0 N–H and O–H groups in total. The van der Waals surface area contributed by atoms with Crippen molar-refractivity contribution in [3.8, 4) is 0 Å². The highest BCUT2D eigenvalue weighted by molar-refractivity contribution is 8.00. The van der Waals surface area contributed by atoms with Crippen LogP contribution >= 0.6 is 11.8 Å². The summed E-state index contributed by atoms with van der Waals surface area (Å²) in [6, 6.07) is 3.40. The zero-order valence-corrected chi connectivity index (χ0v) is 8.82. The molecule has 80 valence electrons. The van der Waals surface area contributed by atoms with Crippen molar-refractivity contribution in [2.24, 2.45) is 0 Å².